The first kappa shape index (κ1) is 21.7. The smallest absolute Gasteiger partial charge is 0.351 e. The van der Waals surface area contributed by atoms with Crippen molar-refractivity contribution in [1.82, 2.24) is 14.8 Å². The monoisotopic (exact) mass is 445 g/mol. The van der Waals surface area contributed by atoms with E-state index in [0.29, 0.717) is 5.69 Å². The lowest BCUT2D eigenvalue weighted by atomic mass is 10.1. The second-order valence-electron chi connectivity index (χ2n) is 6.95. The maximum absolute atomic E-state index is 13.2. The molecular formula is C24H20FN5O3. The minimum Gasteiger partial charge on any atom is -0.462 e. The third-order valence-electron chi connectivity index (χ3n) is 4.73. The van der Waals surface area contributed by atoms with E-state index in [2.05, 4.69) is 25.6 Å². The fourth-order valence-electron chi connectivity index (χ4n) is 3.25. The summed E-state index contributed by atoms with van der Waals surface area (Å²) in [5, 5.41) is 6.20. The van der Waals surface area contributed by atoms with Crippen molar-refractivity contribution in [3.8, 4) is 22.4 Å². The lowest BCUT2D eigenvalue weighted by Gasteiger charge is -2.08. The predicted octanol–water partition coefficient (Wildman–Crippen LogP) is 4.48. The summed E-state index contributed by atoms with van der Waals surface area (Å²) in [4.78, 5) is 27.7. The first-order valence-corrected chi connectivity index (χ1v) is 10.1. The van der Waals surface area contributed by atoms with Gasteiger partial charge in [0.1, 0.15) is 17.7 Å². The summed E-state index contributed by atoms with van der Waals surface area (Å²) in [6, 6.07) is 16.8. The van der Waals surface area contributed by atoms with E-state index in [4.69, 9.17) is 0 Å². The van der Waals surface area contributed by atoms with Crippen molar-refractivity contribution >= 4 is 29.5 Å². The van der Waals surface area contributed by atoms with Gasteiger partial charge in [0.05, 0.1) is 18.5 Å². The number of hydrogen-bond donors (Lipinski definition) is 2. The Hall–Kier alpha value is -4.53. The van der Waals surface area contributed by atoms with E-state index in [-0.39, 0.29) is 12.4 Å². The molecule has 2 amide bonds. The summed E-state index contributed by atoms with van der Waals surface area (Å²) in [6.07, 6.45) is 4.53. The summed E-state index contributed by atoms with van der Waals surface area (Å²) in [5.74, 6) is -0.925. The molecule has 4 aromatic rings. The van der Waals surface area contributed by atoms with Crippen LogP contribution in [0.3, 0.4) is 0 Å². The van der Waals surface area contributed by atoms with E-state index < -0.39 is 12.0 Å². The molecule has 2 aromatic carbocycles. The van der Waals surface area contributed by atoms with Crippen LogP contribution in [0.5, 0.6) is 0 Å². The molecule has 0 atom stereocenters. The first-order valence-electron chi connectivity index (χ1n) is 10.1. The number of nitrogens with one attached hydrogen (secondary N) is 2. The zero-order valence-electron chi connectivity index (χ0n) is 17.7. The fraction of sp³-hybridized carbons (Fsp3) is 0.0833. The molecule has 0 spiro atoms. The van der Waals surface area contributed by atoms with Gasteiger partial charge in [0.25, 0.3) is 0 Å². The molecule has 0 saturated carbocycles. The van der Waals surface area contributed by atoms with Gasteiger partial charge in [-0.2, -0.15) is 5.10 Å². The first-order chi connectivity index (χ1) is 16.0. The fourth-order valence-corrected chi connectivity index (χ4v) is 3.25. The van der Waals surface area contributed by atoms with E-state index in [0.717, 1.165) is 34.2 Å². The van der Waals surface area contributed by atoms with E-state index in [1.54, 1.807) is 43.5 Å². The number of esters is 1. The van der Waals surface area contributed by atoms with Crippen LogP contribution in [0.25, 0.3) is 28.0 Å². The minimum absolute atomic E-state index is 0.223. The van der Waals surface area contributed by atoms with Gasteiger partial charge in [-0.3, -0.25) is 4.40 Å². The van der Waals surface area contributed by atoms with Crippen molar-refractivity contribution in [2.24, 2.45) is 5.10 Å². The number of fused-ring (bicyclic) bond motifs is 1. The standard InChI is InChI=1S/C24H20FN5O3/c1-2-33-23(31)15-27-29-24(32)28-20-5-3-4-18(12-20)21-14-26-22-13-17(10-11-30(21)22)16-6-8-19(25)9-7-16/h3-15H,2H2,1H3,(H2,28,29,32). The summed E-state index contributed by atoms with van der Waals surface area (Å²) >= 11 is 0. The number of amides is 2. The zero-order chi connectivity index (χ0) is 23.2. The average molecular weight is 445 g/mol. The Balaban J connectivity index is 1.51. The number of hydrogen-bond acceptors (Lipinski definition) is 5. The molecule has 4 rings (SSSR count). The van der Waals surface area contributed by atoms with Crippen LogP contribution in [-0.4, -0.2) is 34.2 Å². The van der Waals surface area contributed by atoms with Gasteiger partial charge in [-0.15, -0.1) is 0 Å². The van der Waals surface area contributed by atoms with Crippen LogP contribution >= 0.6 is 0 Å². The van der Waals surface area contributed by atoms with Gasteiger partial charge in [0, 0.05) is 17.4 Å². The van der Waals surface area contributed by atoms with Gasteiger partial charge < -0.3 is 10.1 Å². The van der Waals surface area contributed by atoms with Gasteiger partial charge >= 0.3 is 12.0 Å². The number of anilines is 1. The van der Waals surface area contributed by atoms with Crippen LogP contribution in [0, 0.1) is 5.82 Å². The second kappa shape index (κ2) is 9.73. The predicted molar refractivity (Wildman–Crippen MR) is 123 cm³/mol. The summed E-state index contributed by atoms with van der Waals surface area (Å²) < 4.78 is 19.8. The molecule has 2 aromatic heterocycles. The van der Waals surface area contributed by atoms with Crippen molar-refractivity contribution in [3.05, 3.63) is 78.9 Å². The number of aromatic nitrogens is 2. The number of ether oxygens (including phenoxy) is 1. The zero-order valence-corrected chi connectivity index (χ0v) is 17.7. The third kappa shape index (κ3) is 5.21. The SMILES string of the molecule is CCOC(=O)C=NNC(=O)Nc1cccc(-c2cnc3cc(-c4ccc(F)cc4)ccn23)c1. The van der Waals surface area contributed by atoms with Crippen LogP contribution in [-0.2, 0) is 9.53 Å². The van der Waals surface area contributed by atoms with Gasteiger partial charge in [-0.1, -0.05) is 24.3 Å². The lowest BCUT2D eigenvalue weighted by molar-refractivity contribution is -0.134. The molecule has 0 aliphatic heterocycles. The molecular weight excluding hydrogens is 425 g/mol. The molecule has 33 heavy (non-hydrogen) atoms. The average Bonchev–Trinajstić information content (AvgIpc) is 3.23. The Kier molecular flexibility index (Phi) is 6.40. The molecule has 166 valence electrons. The van der Waals surface area contributed by atoms with Crippen LogP contribution < -0.4 is 10.7 Å². The van der Waals surface area contributed by atoms with Crippen LogP contribution in [0.2, 0.25) is 0 Å². The third-order valence-corrected chi connectivity index (χ3v) is 4.73. The van der Waals surface area contributed by atoms with Crippen LogP contribution in [0.1, 0.15) is 6.92 Å². The maximum Gasteiger partial charge on any atom is 0.351 e. The highest BCUT2D eigenvalue weighted by Crippen LogP contribution is 2.27. The topological polar surface area (TPSA) is 97.1 Å². The van der Waals surface area contributed by atoms with Crippen LogP contribution in [0.4, 0.5) is 14.9 Å². The molecule has 0 aliphatic rings. The normalized spacial score (nSPS) is 11.0. The Morgan fingerprint density at radius 3 is 2.70 bits per heavy atom. The van der Waals surface area contributed by atoms with E-state index in [1.807, 2.05) is 28.8 Å². The summed E-state index contributed by atoms with van der Waals surface area (Å²) in [6.45, 7) is 1.90. The highest BCUT2D eigenvalue weighted by atomic mass is 19.1. The van der Waals surface area contributed by atoms with Crippen molar-refractivity contribution in [2.75, 3.05) is 11.9 Å². The Labute approximate surface area is 188 Å². The molecule has 8 nitrogen and oxygen atoms in total. The number of rotatable bonds is 6. The molecule has 0 radical (unpaired) electrons. The van der Waals surface area contributed by atoms with Crippen LogP contribution in [0.15, 0.2) is 78.2 Å². The molecule has 9 heteroatoms. The van der Waals surface area contributed by atoms with Crippen molar-refractivity contribution < 1.29 is 18.7 Å². The molecule has 0 fully saturated rings. The van der Waals surface area contributed by atoms with Gasteiger partial charge in [0.2, 0.25) is 0 Å². The number of urea groups is 1. The van der Waals surface area contributed by atoms with Gasteiger partial charge in [-0.05, 0) is 54.4 Å². The quantitative estimate of drug-likeness (QED) is 0.260. The number of benzene rings is 2. The number of halogens is 1. The summed E-state index contributed by atoms with van der Waals surface area (Å²) in [7, 11) is 0. The number of nitrogens with zero attached hydrogens (tertiary/aromatic N) is 3. The minimum atomic E-state index is -0.644. The molecule has 0 bridgehead atoms. The molecule has 2 heterocycles. The summed E-state index contributed by atoms with van der Waals surface area (Å²) in [5.41, 5.74) is 6.97. The molecule has 2 N–H and O–H groups in total. The van der Waals surface area contributed by atoms with Gasteiger partial charge in [-0.25, -0.2) is 24.4 Å². The Morgan fingerprint density at radius 2 is 1.91 bits per heavy atom. The number of carbonyl (C=O) groups is 2. The number of carbonyl (C=O) groups excluding carboxylic acids is 2. The van der Waals surface area contributed by atoms with E-state index >= 15 is 0 Å². The lowest BCUT2D eigenvalue weighted by Crippen LogP contribution is -2.25. The highest BCUT2D eigenvalue weighted by Gasteiger charge is 2.09. The van der Waals surface area contributed by atoms with Crippen molar-refractivity contribution in [2.45, 2.75) is 6.92 Å². The van der Waals surface area contributed by atoms with Gasteiger partial charge in [0.15, 0.2) is 0 Å². The molecule has 0 unspecified atom stereocenters. The van der Waals surface area contributed by atoms with E-state index in [1.165, 1.54) is 12.1 Å². The maximum atomic E-state index is 13.2. The highest BCUT2D eigenvalue weighted by molar-refractivity contribution is 6.23. The molecule has 0 aliphatic carbocycles. The molecule has 0 saturated heterocycles. The second-order valence-corrected chi connectivity index (χ2v) is 6.95. The van der Waals surface area contributed by atoms with Crippen molar-refractivity contribution in [3.63, 3.8) is 0 Å². The van der Waals surface area contributed by atoms with E-state index in [9.17, 15) is 14.0 Å². The number of imidazole rings is 1. The Morgan fingerprint density at radius 1 is 1.09 bits per heavy atom. The Bertz CT molecular complexity index is 1330. The number of hydrazone groups is 1. The van der Waals surface area contributed by atoms with Crippen molar-refractivity contribution in [1.29, 1.82) is 0 Å². The number of pyridine rings is 1. The largest absolute Gasteiger partial charge is 0.462 e.